The molecule has 0 N–H and O–H groups in total. The Bertz CT molecular complexity index is 1150. The number of likely N-dealkylation sites (tertiary alicyclic amines) is 1. The van der Waals surface area contributed by atoms with Gasteiger partial charge < -0.3 is 9.80 Å². The van der Waals surface area contributed by atoms with Gasteiger partial charge in [-0.2, -0.15) is 0 Å². The molecule has 2 fully saturated rings. The van der Waals surface area contributed by atoms with Crippen molar-refractivity contribution in [2.45, 2.75) is 6.92 Å². The number of carbonyl (C=O) groups is 1. The van der Waals surface area contributed by atoms with Crippen LogP contribution in [0.5, 0.6) is 0 Å². The lowest BCUT2D eigenvalue weighted by molar-refractivity contribution is 0.0782. The van der Waals surface area contributed by atoms with Gasteiger partial charge in [-0.05, 0) is 30.7 Å². The summed E-state index contributed by atoms with van der Waals surface area (Å²) in [5.41, 5.74) is 1.78. The number of benzene rings is 2. The highest BCUT2D eigenvalue weighted by Crippen LogP contribution is 2.34. The van der Waals surface area contributed by atoms with Gasteiger partial charge in [0.1, 0.15) is 11.6 Å². The second-order valence-corrected chi connectivity index (χ2v) is 8.08. The quantitative estimate of drug-likeness (QED) is 0.646. The second kappa shape index (κ2) is 6.97. The largest absolute Gasteiger partial charge is 0.355 e. The zero-order chi connectivity index (χ0) is 21.0. The van der Waals surface area contributed by atoms with E-state index in [1.807, 2.05) is 4.90 Å². The molecule has 1 aromatic heterocycles. The molecule has 2 unspecified atom stereocenters. The number of halogens is 3. The van der Waals surface area contributed by atoms with Crippen LogP contribution in [0.15, 0.2) is 36.5 Å². The molecule has 8 heteroatoms. The predicted molar refractivity (Wildman–Crippen MR) is 106 cm³/mol. The number of hydrogen-bond acceptors (Lipinski definition) is 4. The minimum Gasteiger partial charge on any atom is -0.355 e. The molecule has 3 aromatic rings. The predicted octanol–water partition coefficient (Wildman–Crippen LogP) is 3.56. The van der Waals surface area contributed by atoms with Crippen LogP contribution in [0, 0.1) is 36.2 Å². The maximum atomic E-state index is 13.5. The van der Waals surface area contributed by atoms with E-state index in [1.165, 1.54) is 12.1 Å². The van der Waals surface area contributed by atoms with Crippen molar-refractivity contribution < 1.29 is 18.0 Å². The van der Waals surface area contributed by atoms with E-state index < -0.39 is 11.6 Å². The molecule has 0 bridgehead atoms. The van der Waals surface area contributed by atoms with Crippen LogP contribution >= 0.6 is 0 Å². The molecule has 2 aliphatic rings. The van der Waals surface area contributed by atoms with Crippen molar-refractivity contribution in [1.82, 2.24) is 14.9 Å². The number of amides is 1. The minimum absolute atomic E-state index is 0.0727. The van der Waals surface area contributed by atoms with Gasteiger partial charge in [0.15, 0.2) is 11.6 Å². The summed E-state index contributed by atoms with van der Waals surface area (Å²) < 4.78 is 40.2. The van der Waals surface area contributed by atoms with E-state index in [4.69, 9.17) is 0 Å². The first-order chi connectivity index (χ1) is 14.4. The van der Waals surface area contributed by atoms with E-state index in [-0.39, 0.29) is 23.6 Å². The minimum atomic E-state index is -0.947. The van der Waals surface area contributed by atoms with E-state index in [0.29, 0.717) is 54.2 Å². The zero-order valence-electron chi connectivity index (χ0n) is 16.3. The molecule has 1 amide bonds. The summed E-state index contributed by atoms with van der Waals surface area (Å²) in [6, 6.07) is 6.33. The van der Waals surface area contributed by atoms with Gasteiger partial charge in [0.25, 0.3) is 5.91 Å². The summed E-state index contributed by atoms with van der Waals surface area (Å²) in [6.45, 7) is 4.40. The average Bonchev–Trinajstić information content (AvgIpc) is 3.27. The molecule has 2 saturated heterocycles. The van der Waals surface area contributed by atoms with Gasteiger partial charge in [-0.25, -0.2) is 18.2 Å². The molecule has 0 spiro atoms. The van der Waals surface area contributed by atoms with Gasteiger partial charge >= 0.3 is 0 Å². The molecular weight excluding hydrogens is 393 g/mol. The molecule has 5 nitrogen and oxygen atoms in total. The van der Waals surface area contributed by atoms with Gasteiger partial charge in [-0.1, -0.05) is 0 Å². The van der Waals surface area contributed by atoms with Gasteiger partial charge in [0, 0.05) is 55.7 Å². The van der Waals surface area contributed by atoms with Crippen LogP contribution in [0.2, 0.25) is 0 Å². The lowest BCUT2D eigenvalue weighted by Crippen LogP contribution is -2.33. The highest BCUT2D eigenvalue weighted by molar-refractivity contribution is 5.95. The summed E-state index contributed by atoms with van der Waals surface area (Å²) >= 11 is 0. The van der Waals surface area contributed by atoms with Crippen molar-refractivity contribution >= 4 is 22.8 Å². The van der Waals surface area contributed by atoms with Crippen molar-refractivity contribution in [1.29, 1.82) is 0 Å². The summed E-state index contributed by atoms with van der Waals surface area (Å²) in [7, 11) is 0. The first kappa shape index (κ1) is 18.8. The Balaban J connectivity index is 1.30. The number of rotatable bonds is 2. The van der Waals surface area contributed by atoms with E-state index >= 15 is 0 Å². The molecule has 0 radical (unpaired) electrons. The standard InChI is InChI=1S/C22H19F3N4O/c1-12-4-15(23)2-3-16(12)22(30)29-10-13-8-28(9-14(13)11-29)21-7-26-19-5-17(24)18(25)6-20(19)27-21/h2-7,13-14H,8-11H2,1H3. The zero-order valence-corrected chi connectivity index (χ0v) is 16.3. The molecule has 2 aliphatic heterocycles. The Morgan fingerprint density at radius 1 is 0.967 bits per heavy atom. The third-order valence-corrected chi connectivity index (χ3v) is 6.09. The first-order valence-corrected chi connectivity index (χ1v) is 9.81. The van der Waals surface area contributed by atoms with Crippen molar-refractivity contribution in [2.24, 2.45) is 11.8 Å². The van der Waals surface area contributed by atoms with E-state index in [1.54, 1.807) is 19.2 Å². The van der Waals surface area contributed by atoms with Gasteiger partial charge in [-0.3, -0.25) is 9.78 Å². The number of nitrogens with zero attached hydrogens (tertiary/aromatic N) is 4. The van der Waals surface area contributed by atoms with Crippen LogP contribution in [0.4, 0.5) is 19.0 Å². The number of hydrogen-bond donors (Lipinski definition) is 0. The molecule has 0 saturated carbocycles. The van der Waals surface area contributed by atoms with Gasteiger partial charge in [-0.15, -0.1) is 0 Å². The Morgan fingerprint density at radius 3 is 2.30 bits per heavy atom. The fourth-order valence-corrected chi connectivity index (χ4v) is 4.53. The maximum Gasteiger partial charge on any atom is 0.254 e. The number of fused-ring (bicyclic) bond motifs is 2. The fourth-order valence-electron chi connectivity index (χ4n) is 4.53. The second-order valence-electron chi connectivity index (χ2n) is 8.08. The number of carbonyl (C=O) groups excluding carboxylic acids is 1. The Kier molecular flexibility index (Phi) is 4.38. The highest BCUT2D eigenvalue weighted by atomic mass is 19.2. The van der Waals surface area contributed by atoms with E-state index in [2.05, 4.69) is 14.9 Å². The molecule has 2 atom stereocenters. The van der Waals surface area contributed by atoms with Crippen molar-refractivity contribution in [3.8, 4) is 0 Å². The van der Waals surface area contributed by atoms with Crippen LogP contribution in [0.1, 0.15) is 15.9 Å². The van der Waals surface area contributed by atoms with Crippen LogP contribution in [-0.2, 0) is 0 Å². The summed E-state index contributed by atoms with van der Waals surface area (Å²) in [5.74, 6) is -1.11. The first-order valence-electron chi connectivity index (χ1n) is 9.81. The molecule has 30 heavy (non-hydrogen) atoms. The Hall–Kier alpha value is -3.16. The SMILES string of the molecule is Cc1cc(F)ccc1C(=O)N1CC2CN(c3cnc4cc(F)c(F)cc4n3)CC2C1. The highest BCUT2D eigenvalue weighted by Gasteiger charge is 2.42. The smallest absolute Gasteiger partial charge is 0.254 e. The molecule has 0 aliphatic carbocycles. The summed E-state index contributed by atoms with van der Waals surface area (Å²) in [4.78, 5) is 25.4. The molecular formula is C22H19F3N4O. The fraction of sp³-hybridized carbons (Fsp3) is 0.318. The maximum absolute atomic E-state index is 13.5. The van der Waals surface area contributed by atoms with Crippen LogP contribution in [-0.4, -0.2) is 47.0 Å². The summed E-state index contributed by atoms with van der Waals surface area (Å²) in [6.07, 6.45) is 1.57. The molecule has 154 valence electrons. The Labute approximate surface area is 171 Å². The van der Waals surface area contributed by atoms with Crippen LogP contribution < -0.4 is 4.90 Å². The number of aromatic nitrogens is 2. The Morgan fingerprint density at radius 2 is 1.63 bits per heavy atom. The molecule has 2 aromatic carbocycles. The third-order valence-electron chi connectivity index (χ3n) is 6.09. The average molecular weight is 412 g/mol. The monoisotopic (exact) mass is 412 g/mol. The van der Waals surface area contributed by atoms with E-state index in [9.17, 15) is 18.0 Å². The van der Waals surface area contributed by atoms with Crippen LogP contribution in [0.25, 0.3) is 11.0 Å². The van der Waals surface area contributed by atoms with Crippen molar-refractivity contribution in [3.05, 3.63) is 65.1 Å². The van der Waals surface area contributed by atoms with Gasteiger partial charge in [0.2, 0.25) is 0 Å². The van der Waals surface area contributed by atoms with Crippen molar-refractivity contribution in [3.63, 3.8) is 0 Å². The number of aryl methyl sites for hydroxylation is 1. The lowest BCUT2D eigenvalue weighted by atomic mass is 10.0. The van der Waals surface area contributed by atoms with E-state index in [0.717, 1.165) is 12.1 Å². The topological polar surface area (TPSA) is 49.3 Å². The molecule has 3 heterocycles. The molecule has 5 rings (SSSR count). The van der Waals surface area contributed by atoms with Crippen LogP contribution in [0.3, 0.4) is 0 Å². The number of anilines is 1. The normalized spacial score (nSPS) is 20.8. The lowest BCUT2D eigenvalue weighted by Gasteiger charge is -2.23. The van der Waals surface area contributed by atoms with Crippen molar-refractivity contribution in [2.75, 3.05) is 31.1 Å². The summed E-state index contributed by atoms with van der Waals surface area (Å²) in [5, 5.41) is 0. The van der Waals surface area contributed by atoms with Gasteiger partial charge in [0.05, 0.1) is 17.2 Å². The third kappa shape index (κ3) is 3.16.